The minimum Gasteiger partial charge on any atom is -0.454 e. The molecular formula is C26H32F3N3O3. The van der Waals surface area contributed by atoms with E-state index in [0.717, 1.165) is 29.7 Å². The van der Waals surface area contributed by atoms with Crippen molar-refractivity contribution >= 4 is 5.91 Å². The SMILES string of the molecule is CC(C)CN1C[C@H](NCc2cccc(C(F)(F)F)c2)C[C@H]1C(=O)NCCc1ccc2c(c1)OCO2. The van der Waals surface area contributed by atoms with E-state index in [1.165, 1.54) is 12.1 Å². The smallest absolute Gasteiger partial charge is 0.416 e. The predicted molar refractivity (Wildman–Crippen MR) is 126 cm³/mol. The van der Waals surface area contributed by atoms with Crippen LogP contribution < -0.4 is 20.1 Å². The molecule has 2 aliphatic rings. The van der Waals surface area contributed by atoms with E-state index in [-0.39, 0.29) is 24.8 Å². The maximum absolute atomic E-state index is 13.0. The molecule has 0 spiro atoms. The first-order chi connectivity index (χ1) is 16.7. The van der Waals surface area contributed by atoms with Gasteiger partial charge in [0.1, 0.15) is 0 Å². The highest BCUT2D eigenvalue weighted by Crippen LogP contribution is 2.32. The number of benzene rings is 2. The number of hydrogen-bond donors (Lipinski definition) is 2. The summed E-state index contributed by atoms with van der Waals surface area (Å²) < 4.78 is 49.8. The number of halogens is 3. The van der Waals surface area contributed by atoms with Gasteiger partial charge in [-0.1, -0.05) is 38.1 Å². The molecule has 2 atom stereocenters. The Bertz CT molecular complexity index is 1030. The molecule has 1 amide bonds. The summed E-state index contributed by atoms with van der Waals surface area (Å²) in [5, 5.41) is 6.41. The highest BCUT2D eigenvalue weighted by atomic mass is 19.4. The Morgan fingerprint density at radius 1 is 1.11 bits per heavy atom. The Hall–Kier alpha value is -2.78. The topological polar surface area (TPSA) is 62.8 Å². The number of likely N-dealkylation sites (tertiary alicyclic amines) is 1. The first-order valence-corrected chi connectivity index (χ1v) is 12.0. The van der Waals surface area contributed by atoms with E-state index in [2.05, 4.69) is 29.4 Å². The molecule has 1 fully saturated rings. The summed E-state index contributed by atoms with van der Waals surface area (Å²) in [5.74, 6) is 1.83. The Morgan fingerprint density at radius 2 is 1.91 bits per heavy atom. The van der Waals surface area contributed by atoms with Gasteiger partial charge in [0.25, 0.3) is 0 Å². The van der Waals surface area contributed by atoms with Gasteiger partial charge in [-0.3, -0.25) is 9.69 Å². The summed E-state index contributed by atoms with van der Waals surface area (Å²) >= 11 is 0. The minimum atomic E-state index is -4.36. The van der Waals surface area contributed by atoms with Crippen LogP contribution in [-0.2, 0) is 23.9 Å². The normalized spacial score (nSPS) is 19.9. The number of rotatable bonds is 9. The third-order valence-corrected chi connectivity index (χ3v) is 6.30. The first kappa shape index (κ1) is 25.3. The number of nitrogens with zero attached hydrogens (tertiary/aromatic N) is 1. The number of alkyl halides is 3. The van der Waals surface area contributed by atoms with E-state index in [4.69, 9.17) is 9.47 Å². The van der Waals surface area contributed by atoms with Crippen LogP contribution in [0.25, 0.3) is 0 Å². The van der Waals surface area contributed by atoms with E-state index in [0.29, 0.717) is 44.0 Å². The van der Waals surface area contributed by atoms with E-state index in [1.54, 1.807) is 6.07 Å². The Kier molecular flexibility index (Phi) is 7.86. The molecule has 4 rings (SSSR count). The van der Waals surface area contributed by atoms with Crippen molar-refractivity contribution in [3.8, 4) is 11.5 Å². The van der Waals surface area contributed by atoms with E-state index < -0.39 is 11.7 Å². The van der Waals surface area contributed by atoms with Crippen LogP contribution in [0.15, 0.2) is 42.5 Å². The van der Waals surface area contributed by atoms with Gasteiger partial charge < -0.3 is 20.1 Å². The van der Waals surface area contributed by atoms with Crippen molar-refractivity contribution in [3.63, 3.8) is 0 Å². The number of carbonyl (C=O) groups is 1. The average Bonchev–Trinajstić information content (AvgIpc) is 3.43. The van der Waals surface area contributed by atoms with Gasteiger partial charge in [0.05, 0.1) is 11.6 Å². The van der Waals surface area contributed by atoms with Gasteiger partial charge >= 0.3 is 6.18 Å². The quantitative estimate of drug-likeness (QED) is 0.556. The molecule has 2 heterocycles. The second-order valence-corrected chi connectivity index (χ2v) is 9.60. The van der Waals surface area contributed by atoms with Crippen molar-refractivity contribution in [2.24, 2.45) is 5.92 Å². The van der Waals surface area contributed by atoms with Crippen molar-refractivity contribution in [2.45, 2.75) is 51.5 Å². The highest BCUT2D eigenvalue weighted by molar-refractivity contribution is 5.82. The van der Waals surface area contributed by atoms with Crippen LogP contribution in [0.1, 0.15) is 37.0 Å². The number of nitrogens with one attached hydrogen (secondary N) is 2. The van der Waals surface area contributed by atoms with Gasteiger partial charge in [0.15, 0.2) is 11.5 Å². The molecule has 0 saturated carbocycles. The van der Waals surface area contributed by atoms with Crippen LogP contribution >= 0.6 is 0 Å². The Labute approximate surface area is 203 Å². The summed E-state index contributed by atoms with van der Waals surface area (Å²) in [7, 11) is 0. The van der Waals surface area contributed by atoms with Crippen LogP contribution in [0.5, 0.6) is 11.5 Å². The monoisotopic (exact) mass is 491 g/mol. The third-order valence-electron chi connectivity index (χ3n) is 6.30. The Morgan fingerprint density at radius 3 is 2.69 bits per heavy atom. The van der Waals surface area contributed by atoms with Gasteiger partial charge in [-0.25, -0.2) is 0 Å². The summed E-state index contributed by atoms with van der Waals surface area (Å²) in [6, 6.07) is 10.9. The van der Waals surface area contributed by atoms with Crippen LogP contribution in [-0.4, -0.2) is 49.3 Å². The minimum absolute atomic E-state index is 0.0187. The zero-order valence-corrected chi connectivity index (χ0v) is 20.0. The van der Waals surface area contributed by atoms with Gasteiger partial charge in [0, 0.05) is 32.2 Å². The van der Waals surface area contributed by atoms with Crippen LogP contribution in [0.4, 0.5) is 13.2 Å². The molecule has 0 unspecified atom stereocenters. The van der Waals surface area contributed by atoms with Crippen molar-refractivity contribution in [1.29, 1.82) is 0 Å². The maximum atomic E-state index is 13.0. The molecular weight excluding hydrogens is 459 g/mol. The molecule has 0 radical (unpaired) electrons. The molecule has 35 heavy (non-hydrogen) atoms. The van der Waals surface area contributed by atoms with Crippen LogP contribution in [0, 0.1) is 5.92 Å². The van der Waals surface area contributed by atoms with Crippen molar-refractivity contribution in [3.05, 3.63) is 59.2 Å². The molecule has 2 aromatic rings. The van der Waals surface area contributed by atoms with E-state index in [1.807, 2.05) is 18.2 Å². The van der Waals surface area contributed by atoms with Gasteiger partial charge in [0.2, 0.25) is 12.7 Å². The summed E-state index contributed by atoms with van der Waals surface area (Å²) in [4.78, 5) is 15.2. The molecule has 190 valence electrons. The summed E-state index contributed by atoms with van der Waals surface area (Å²) in [6.07, 6.45) is -3.07. The second kappa shape index (κ2) is 10.9. The molecule has 0 aromatic heterocycles. The fraction of sp³-hybridized carbons (Fsp3) is 0.500. The van der Waals surface area contributed by atoms with E-state index in [9.17, 15) is 18.0 Å². The predicted octanol–water partition coefficient (Wildman–Crippen LogP) is 3.98. The lowest BCUT2D eigenvalue weighted by molar-refractivity contribution is -0.137. The lowest BCUT2D eigenvalue weighted by Crippen LogP contribution is -2.45. The Balaban J connectivity index is 1.31. The number of ether oxygens (including phenoxy) is 2. The van der Waals surface area contributed by atoms with Gasteiger partial charge in [-0.05, 0) is 48.1 Å². The second-order valence-electron chi connectivity index (χ2n) is 9.60. The van der Waals surface area contributed by atoms with Crippen molar-refractivity contribution in [2.75, 3.05) is 26.4 Å². The molecule has 2 aromatic carbocycles. The summed E-state index contributed by atoms with van der Waals surface area (Å²) in [6.45, 7) is 6.73. The molecule has 6 nitrogen and oxygen atoms in total. The van der Waals surface area contributed by atoms with Crippen LogP contribution in [0.3, 0.4) is 0 Å². The van der Waals surface area contributed by atoms with Crippen molar-refractivity contribution in [1.82, 2.24) is 15.5 Å². The lowest BCUT2D eigenvalue weighted by atomic mass is 10.1. The van der Waals surface area contributed by atoms with Crippen LogP contribution in [0.2, 0.25) is 0 Å². The van der Waals surface area contributed by atoms with Gasteiger partial charge in [-0.15, -0.1) is 0 Å². The first-order valence-electron chi connectivity index (χ1n) is 12.0. The number of fused-ring (bicyclic) bond motifs is 1. The molecule has 9 heteroatoms. The fourth-order valence-corrected chi connectivity index (χ4v) is 4.66. The molecule has 1 saturated heterocycles. The zero-order chi connectivity index (χ0) is 25.0. The van der Waals surface area contributed by atoms with E-state index >= 15 is 0 Å². The zero-order valence-electron chi connectivity index (χ0n) is 20.0. The molecule has 0 aliphatic carbocycles. The average molecular weight is 492 g/mol. The molecule has 2 N–H and O–H groups in total. The maximum Gasteiger partial charge on any atom is 0.416 e. The fourth-order valence-electron chi connectivity index (χ4n) is 4.66. The summed E-state index contributed by atoms with van der Waals surface area (Å²) in [5.41, 5.74) is 0.983. The largest absolute Gasteiger partial charge is 0.454 e. The number of hydrogen-bond acceptors (Lipinski definition) is 5. The number of carbonyl (C=O) groups excluding carboxylic acids is 1. The standard InChI is InChI=1S/C26H32F3N3O3/c1-17(2)14-32-15-21(31-13-19-4-3-5-20(10-19)26(27,28)29)12-22(32)25(33)30-9-8-18-6-7-23-24(11-18)35-16-34-23/h3-7,10-11,17,21-22,31H,8-9,12-16H2,1-2H3,(H,30,33)/t21-,22+/m1/s1. The van der Waals surface area contributed by atoms with Crippen molar-refractivity contribution < 1.29 is 27.4 Å². The number of amides is 1. The lowest BCUT2D eigenvalue weighted by Gasteiger charge is -2.25. The third kappa shape index (κ3) is 6.67. The molecule has 2 aliphatic heterocycles. The van der Waals surface area contributed by atoms with Gasteiger partial charge in [-0.2, -0.15) is 13.2 Å². The molecule has 0 bridgehead atoms. The highest BCUT2D eigenvalue weighted by Gasteiger charge is 2.36.